The van der Waals surface area contributed by atoms with Crippen LogP contribution >= 0.6 is 0 Å². The van der Waals surface area contributed by atoms with Gasteiger partial charge in [-0.15, -0.1) is 0 Å². The van der Waals surface area contributed by atoms with Gasteiger partial charge >= 0.3 is 0 Å². The SMILES string of the molecule is CC(C)(C)CC(N)CC(=O)N[C@H](CO)Cc1ccccc1. The molecule has 1 amide bonds. The van der Waals surface area contributed by atoms with E-state index in [1.165, 1.54) is 0 Å². The highest BCUT2D eigenvalue weighted by molar-refractivity contribution is 5.76. The monoisotopic (exact) mass is 292 g/mol. The maximum absolute atomic E-state index is 12.0. The lowest BCUT2D eigenvalue weighted by molar-refractivity contribution is -0.122. The third-order valence-corrected chi connectivity index (χ3v) is 3.23. The molecule has 1 rings (SSSR count). The van der Waals surface area contributed by atoms with Crippen molar-refractivity contribution in [3.8, 4) is 0 Å². The number of aliphatic hydroxyl groups is 1. The lowest BCUT2D eigenvalue weighted by Crippen LogP contribution is -2.42. The first-order valence-electron chi connectivity index (χ1n) is 7.50. The van der Waals surface area contributed by atoms with E-state index in [4.69, 9.17) is 5.73 Å². The Balaban J connectivity index is 2.44. The van der Waals surface area contributed by atoms with Crippen molar-refractivity contribution in [2.24, 2.45) is 11.1 Å². The fourth-order valence-electron chi connectivity index (χ4n) is 2.44. The van der Waals surface area contributed by atoms with Crippen LogP contribution < -0.4 is 11.1 Å². The summed E-state index contributed by atoms with van der Waals surface area (Å²) in [6.45, 7) is 6.25. The molecule has 0 aliphatic heterocycles. The van der Waals surface area contributed by atoms with E-state index in [1.54, 1.807) is 0 Å². The zero-order valence-corrected chi connectivity index (χ0v) is 13.3. The van der Waals surface area contributed by atoms with Crippen molar-refractivity contribution in [2.45, 2.75) is 52.1 Å². The fraction of sp³-hybridized carbons (Fsp3) is 0.588. The minimum Gasteiger partial charge on any atom is -0.394 e. The highest BCUT2D eigenvalue weighted by Gasteiger charge is 2.19. The quantitative estimate of drug-likeness (QED) is 0.718. The summed E-state index contributed by atoms with van der Waals surface area (Å²) in [5.74, 6) is -0.0956. The van der Waals surface area contributed by atoms with E-state index >= 15 is 0 Å². The molecule has 21 heavy (non-hydrogen) atoms. The summed E-state index contributed by atoms with van der Waals surface area (Å²) in [5.41, 5.74) is 7.21. The number of benzene rings is 1. The summed E-state index contributed by atoms with van der Waals surface area (Å²) in [6.07, 6.45) is 1.71. The van der Waals surface area contributed by atoms with Crippen LogP contribution in [-0.2, 0) is 11.2 Å². The number of hydrogen-bond acceptors (Lipinski definition) is 3. The molecule has 4 N–H and O–H groups in total. The highest BCUT2D eigenvalue weighted by atomic mass is 16.3. The molecular formula is C17H28N2O2. The van der Waals surface area contributed by atoms with Gasteiger partial charge in [-0.05, 0) is 23.8 Å². The molecule has 1 aromatic carbocycles. The first kappa shape index (κ1) is 17.7. The molecule has 0 bridgehead atoms. The van der Waals surface area contributed by atoms with Crippen LogP contribution in [-0.4, -0.2) is 29.7 Å². The van der Waals surface area contributed by atoms with Crippen molar-refractivity contribution in [3.63, 3.8) is 0 Å². The summed E-state index contributed by atoms with van der Waals surface area (Å²) in [5, 5.41) is 12.3. The smallest absolute Gasteiger partial charge is 0.221 e. The highest BCUT2D eigenvalue weighted by Crippen LogP contribution is 2.21. The third-order valence-electron chi connectivity index (χ3n) is 3.23. The Bertz CT molecular complexity index is 426. The number of rotatable bonds is 7. The Hall–Kier alpha value is -1.39. The molecule has 0 aromatic heterocycles. The topological polar surface area (TPSA) is 75.4 Å². The molecule has 118 valence electrons. The molecular weight excluding hydrogens is 264 g/mol. The summed E-state index contributed by atoms with van der Waals surface area (Å²) < 4.78 is 0. The zero-order valence-electron chi connectivity index (χ0n) is 13.3. The second kappa shape index (κ2) is 8.15. The van der Waals surface area contributed by atoms with E-state index in [9.17, 15) is 9.90 Å². The van der Waals surface area contributed by atoms with E-state index in [-0.39, 0.29) is 30.0 Å². The lowest BCUT2D eigenvalue weighted by Gasteiger charge is -2.23. The van der Waals surface area contributed by atoms with Crippen LogP contribution in [0.1, 0.15) is 39.2 Å². The largest absolute Gasteiger partial charge is 0.394 e. The second-order valence-electron chi connectivity index (χ2n) is 6.87. The summed E-state index contributed by atoms with van der Waals surface area (Å²) in [6, 6.07) is 9.40. The van der Waals surface area contributed by atoms with Gasteiger partial charge in [0.2, 0.25) is 5.91 Å². The van der Waals surface area contributed by atoms with Gasteiger partial charge in [-0.25, -0.2) is 0 Å². The molecule has 0 saturated carbocycles. The minimum absolute atomic E-state index is 0.0743. The van der Waals surface area contributed by atoms with Gasteiger partial charge in [0.1, 0.15) is 0 Å². The van der Waals surface area contributed by atoms with Crippen molar-refractivity contribution < 1.29 is 9.90 Å². The molecule has 1 unspecified atom stereocenters. The second-order valence-corrected chi connectivity index (χ2v) is 6.87. The van der Waals surface area contributed by atoms with Crippen LogP contribution in [0, 0.1) is 5.41 Å². The first-order chi connectivity index (χ1) is 9.80. The van der Waals surface area contributed by atoms with Crippen molar-refractivity contribution >= 4 is 5.91 Å². The predicted molar refractivity (Wildman–Crippen MR) is 85.8 cm³/mol. The number of carbonyl (C=O) groups excluding carboxylic acids is 1. The number of nitrogens with two attached hydrogens (primary N) is 1. The predicted octanol–water partition coefficient (Wildman–Crippen LogP) is 1.86. The van der Waals surface area contributed by atoms with Crippen LogP contribution in [0.15, 0.2) is 30.3 Å². The van der Waals surface area contributed by atoms with Gasteiger partial charge < -0.3 is 16.2 Å². The Labute approximate surface area is 127 Å². The molecule has 0 saturated heterocycles. The van der Waals surface area contributed by atoms with Crippen molar-refractivity contribution in [1.29, 1.82) is 0 Å². The van der Waals surface area contributed by atoms with Crippen LogP contribution in [0.4, 0.5) is 0 Å². The molecule has 0 spiro atoms. The first-order valence-corrected chi connectivity index (χ1v) is 7.50. The summed E-state index contributed by atoms with van der Waals surface area (Å²) >= 11 is 0. The summed E-state index contributed by atoms with van der Waals surface area (Å²) in [4.78, 5) is 12.0. The Morgan fingerprint density at radius 3 is 2.43 bits per heavy atom. The molecule has 0 fully saturated rings. The number of carbonyl (C=O) groups is 1. The molecule has 0 heterocycles. The van der Waals surface area contributed by atoms with Crippen molar-refractivity contribution in [1.82, 2.24) is 5.32 Å². The normalized spacial score (nSPS) is 14.5. The van der Waals surface area contributed by atoms with E-state index in [0.717, 1.165) is 12.0 Å². The van der Waals surface area contributed by atoms with Crippen molar-refractivity contribution in [2.75, 3.05) is 6.61 Å². The van der Waals surface area contributed by atoms with Gasteiger partial charge in [-0.1, -0.05) is 51.1 Å². The standard InChI is InChI=1S/C17H28N2O2/c1-17(2,3)11-14(18)10-16(21)19-15(12-20)9-13-7-5-4-6-8-13/h4-8,14-15,20H,9-12,18H2,1-3H3,(H,19,21)/t14?,15-/m0/s1. The summed E-state index contributed by atoms with van der Waals surface area (Å²) in [7, 11) is 0. The van der Waals surface area contributed by atoms with E-state index in [1.807, 2.05) is 30.3 Å². The van der Waals surface area contributed by atoms with Crippen LogP contribution in [0.5, 0.6) is 0 Å². The molecule has 4 heteroatoms. The van der Waals surface area contributed by atoms with Gasteiger partial charge in [0, 0.05) is 12.5 Å². The van der Waals surface area contributed by atoms with Gasteiger partial charge in [-0.3, -0.25) is 4.79 Å². The molecule has 0 aliphatic rings. The zero-order chi connectivity index (χ0) is 15.9. The maximum atomic E-state index is 12.0. The third kappa shape index (κ3) is 7.83. The number of aliphatic hydroxyl groups excluding tert-OH is 1. The average Bonchev–Trinajstić information content (AvgIpc) is 2.36. The number of nitrogens with one attached hydrogen (secondary N) is 1. The van der Waals surface area contributed by atoms with Crippen molar-refractivity contribution in [3.05, 3.63) is 35.9 Å². The van der Waals surface area contributed by atoms with Gasteiger partial charge in [0.05, 0.1) is 12.6 Å². The maximum Gasteiger partial charge on any atom is 0.221 e. The minimum atomic E-state index is -0.262. The van der Waals surface area contributed by atoms with E-state index in [0.29, 0.717) is 12.8 Å². The molecule has 0 aliphatic carbocycles. The molecule has 0 radical (unpaired) electrons. The van der Waals surface area contributed by atoms with Gasteiger partial charge in [0.15, 0.2) is 0 Å². The van der Waals surface area contributed by atoms with Crippen LogP contribution in [0.3, 0.4) is 0 Å². The molecule has 1 aromatic rings. The van der Waals surface area contributed by atoms with E-state index < -0.39 is 0 Å². The Morgan fingerprint density at radius 1 is 1.29 bits per heavy atom. The number of amides is 1. The fourth-order valence-corrected chi connectivity index (χ4v) is 2.44. The lowest BCUT2D eigenvalue weighted by atomic mass is 9.87. The average molecular weight is 292 g/mol. The van der Waals surface area contributed by atoms with Crippen LogP contribution in [0.25, 0.3) is 0 Å². The Kier molecular flexibility index (Phi) is 6.85. The van der Waals surface area contributed by atoms with Gasteiger partial charge in [-0.2, -0.15) is 0 Å². The van der Waals surface area contributed by atoms with Crippen LogP contribution in [0.2, 0.25) is 0 Å². The molecule has 2 atom stereocenters. The number of hydrogen-bond donors (Lipinski definition) is 3. The van der Waals surface area contributed by atoms with Gasteiger partial charge in [0.25, 0.3) is 0 Å². The van der Waals surface area contributed by atoms with E-state index in [2.05, 4.69) is 26.1 Å². The molecule has 4 nitrogen and oxygen atoms in total. The Morgan fingerprint density at radius 2 is 1.90 bits per heavy atom.